The zero-order valence-electron chi connectivity index (χ0n) is 14.5. The molecule has 8 heteroatoms. The highest BCUT2D eigenvalue weighted by Gasteiger charge is 2.34. The van der Waals surface area contributed by atoms with E-state index in [1.54, 1.807) is 0 Å². The van der Waals surface area contributed by atoms with Crippen molar-refractivity contribution in [3.8, 4) is 0 Å². The summed E-state index contributed by atoms with van der Waals surface area (Å²) in [6, 6.07) is 10.4. The topological polar surface area (TPSA) is 126 Å². The number of rotatable bonds is 3. The van der Waals surface area contributed by atoms with Gasteiger partial charge in [-0.3, -0.25) is 19.4 Å². The number of aromatic nitrogens is 1. The van der Waals surface area contributed by atoms with Crippen molar-refractivity contribution in [2.75, 3.05) is 11.9 Å². The van der Waals surface area contributed by atoms with E-state index in [9.17, 15) is 19.5 Å². The van der Waals surface area contributed by atoms with E-state index in [0.29, 0.717) is 12.8 Å². The van der Waals surface area contributed by atoms with Crippen LogP contribution in [0.5, 0.6) is 0 Å². The van der Waals surface area contributed by atoms with Gasteiger partial charge in [0.25, 0.3) is 0 Å². The van der Waals surface area contributed by atoms with E-state index in [1.165, 1.54) is 23.4 Å². The molecule has 3 amide bonds. The highest BCUT2D eigenvalue weighted by Crippen LogP contribution is 2.31. The number of aliphatic hydroxyl groups is 1. The monoisotopic (exact) mass is 368 g/mol. The molecule has 0 bridgehead atoms. The minimum Gasteiger partial charge on any atom is -0.391 e. The van der Waals surface area contributed by atoms with Crippen molar-refractivity contribution in [1.29, 1.82) is 0 Å². The van der Waals surface area contributed by atoms with Crippen LogP contribution in [0.15, 0.2) is 48.8 Å². The number of hydrogen-bond acceptors (Lipinski definition) is 5. The molecule has 27 heavy (non-hydrogen) atoms. The number of primary amides is 1. The molecule has 0 spiro atoms. The molecule has 0 saturated carbocycles. The predicted molar refractivity (Wildman–Crippen MR) is 97.5 cm³/mol. The van der Waals surface area contributed by atoms with Gasteiger partial charge in [0.05, 0.1) is 29.6 Å². The number of likely N-dealkylation sites (tertiary alicyclic amines) is 1. The Hall–Kier alpha value is -3.26. The molecule has 1 aliphatic rings. The normalized spacial score (nSPS) is 19.4. The second-order valence-corrected chi connectivity index (χ2v) is 6.40. The number of β-amino-alcohol motifs (C(OH)–C–C–N with tert-alkyl or cyclic N) is 1. The van der Waals surface area contributed by atoms with Gasteiger partial charge in [-0.2, -0.15) is 0 Å². The van der Waals surface area contributed by atoms with Crippen molar-refractivity contribution in [3.63, 3.8) is 0 Å². The van der Waals surface area contributed by atoms with E-state index >= 15 is 0 Å². The number of benzene rings is 1. The van der Waals surface area contributed by atoms with Gasteiger partial charge in [-0.05, 0) is 24.5 Å². The summed E-state index contributed by atoms with van der Waals surface area (Å²) >= 11 is 0. The first-order valence-corrected chi connectivity index (χ1v) is 8.55. The molecule has 1 saturated heterocycles. The Kier molecular flexibility index (Phi) is 5.46. The van der Waals surface area contributed by atoms with Gasteiger partial charge >= 0.3 is 11.8 Å². The fourth-order valence-electron chi connectivity index (χ4n) is 3.16. The Morgan fingerprint density at radius 3 is 2.59 bits per heavy atom. The number of nitrogens with zero attached hydrogens (tertiary/aromatic N) is 2. The van der Waals surface area contributed by atoms with Gasteiger partial charge in [-0.15, -0.1) is 0 Å². The average molecular weight is 368 g/mol. The maximum Gasteiger partial charge on any atom is 0.313 e. The molecule has 8 nitrogen and oxygen atoms in total. The Morgan fingerprint density at radius 1 is 1.15 bits per heavy atom. The summed E-state index contributed by atoms with van der Waals surface area (Å²) in [5.74, 6) is -2.31. The number of nitrogens with one attached hydrogen (secondary N) is 1. The smallest absolute Gasteiger partial charge is 0.313 e. The largest absolute Gasteiger partial charge is 0.391 e. The molecule has 0 aliphatic carbocycles. The SMILES string of the molecule is NC(=O)c1cncc(NC(=O)C(=O)N2C[C@@H](O)CC[C@@H]2c2ccccc2)c1. The fraction of sp³-hybridized carbons (Fsp3) is 0.263. The minimum atomic E-state index is -0.867. The summed E-state index contributed by atoms with van der Waals surface area (Å²) in [7, 11) is 0. The Balaban J connectivity index is 1.78. The first-order valence-electron chi connectivity index (χ1n) is 8.55. The van der Waals surface area contributed by atoms with Crippen LogP contribution in [0.25, 0.3) is 0 Å². The van der Waals surface area contributed by atoms with Crippen molar-refractivity contribution in [3.05, 3.63) is 59.9 Å². The van der Waals surface area contributed by atoms with Crippen LogP contribution in [0.4, 0.5) is 5.69 Å². The molecule has 1 aromatic carbocycles. The van der Waals surface area contributed by atoms with Gasteiger partial charge in [-0.25, -0.2) is 0 Å². The van der Waals surface area contributed by atoms with Gasteiger partial charge in [0, 0.05) is 12.7 Å². The summed E-state index contributed by atoms with van der Waals surface area (Å²) in [5.41, 5.74) is 6.41. The van der Waals surface area contributed by atoms with Gasteiger partial charge in [0.1, 0.15) is 0 Å². The summed E-state index contributed by atoms with van der Waals surface area (Å²) in [4.78, 5) is 41.6. The third-order valence-electron chi connectivity index (χ3n) is 4.48. The van der Waals surface area contributed by atoms with Crippen LogP contribution in [0.1, 0.15) is 34.8 Å². The minimum absolute atomic E-state index is 0.0748. The zero-order valence-corrected chi connectivity index (χ0v) is 14.5. The lowest BCUT2D eigenvalue weighted by Crippen LogP contribution is -2.48. The number of nitrogens with two attached hydrogens (primary N) is 1. The van der Waals surface area contributed by atoms with E-state index < -0.39 is 23.8 Å². The first-order chi connectivity index (χ1) is 13.0. The molecule has 1 aromatic heterocycles. The van der Waals surface area contributed by atoms with Gasteiger partial charge in [0.15, 0.2) is 0 Å². The number of piperidine rings is 1. The summed E-state index contributed by atoms with van der Waals surface area (Å²) in [6.45, 7) is 0.0748. The molecule has 4 N–H and O–H groups in total. The maximum atomic E-state index is 12.7. The van der Waals surface area contributed by atoms with Crippen LogP contribution in [0, 0.1) is 0 Å². The predicted octanol–water partition coefficient (Wildman–Crippen LogP) is 0.844. The number of hydrogen-bond donors (Lipinski definition) is 3. The van der Waals surface area contributed by atoms with Crippen molar-refractivity contribution in [2.45, 2.75) is 25.0 Å². The van der Waals surface area contributed by atoms with E-state index in [2.05, 4.69) is 10.3 Å². The van der Waals surface area contributed by atoms with Gasteiger partial charge < -0.3 is 21.1 Å². The van der Waals surface area contributed by atoms with E-state index in [4.69, 9.17) is 5.73 Å². The highest BCUT2D eigenvalue weighted by molar-refractivity contribution is 6.39. The fourth-order valence-corrected chi connectivity index (χ4v) is 3.16. The number of anilines is 1. The summed E-state index contributed by atoms with van der Waals surface area (Å²) in [5, 5.41) is 12.4. The average Bonchev–Trinajstić information content (AvgIpc) is 2.68. The lowest BCUT2D eigenvalue weighted by atomic mass is 9.94. The van der Waals surface area contributed by atoms with Crippen molar-refractivity contribution in [2.24, 2.45) is 5.73 Å². The molecular weight excluding hydrogens is 348 g/mol. The van der Waals surface area contributed by atoms with E-state index in [-0.39, 0.29) is 23.8 Å². The molecule has 2 atom stereocenters. The molecule has 2 aromatic rings. The first kappa shape index (κ1) is 18.5. The second-order valence-electron chi connectivity index (χ2n) is 6.40. The second kappa shape index (κ2) is 7.96. The van der Waals surface area contributed by atoms with Gasteiger partial charge in [0.2, 0.25) is 5.91 Å². The van der Waals surface area contributed by atoms with Gasteiger partial charge in [-0.1, -0.05) is 30.3 Å². The zero-order chi connectivity index (χ0) is 19.4. The highest BCUT2D eigenvalue weighted by atomic mass is 16.3. The molecule has 0 radical (unpaired) electrons. The Morgan fingerprint density at radius 2 is 1.89 bits per heavy atom. The standard InChI is InChI=1S/C19H20N4O4/c20-17(25)13-8-14(10-21-9-13)22-18(26)19(27)23-11-15(24)6-7-16(23)12-4-2-1-3-5-12/h1-5,8-10,15-16,24H,6-7,11H2,(H2,20,25)(H,22,26)/t15-,16+/m0/s1. The molecular formula is C19H20N4O4. The number of amides is 3. The number of pyridine rings is 1. The summed E-state index contributed by atoms with van der Waals surface area (Å²) in [6.07, 6.45) is 3.02. The molecule has 1 fully saturated rings. The van der Waals surface area contributed by atoms with Crippen LogP contribution in [0.3, 0.4) is 0 Å². The molecule has 140 valence electrons. The Bertz CT molecular complexity index is 856. The van der Waals surface area contributed by atoms with Crippen LogP contribution in [0.2, 0.25) is 0 Å². The van der Waals surface area contributed by atoms with Crippen LogP contribution < -0.4 is 11.1 Å². The van der Waals surface area contributed by atoms with E-state index in [1.807, 2.05) is 30.3 Å². The molecule has 2 heterocycles. The van der Waals surface area contributed by atoms with E-state index in [0.717, 1.165) is 5.56 Å². The molecule has 3 rings (SSSR count). The van der Waals surface area contributed by atoms with Crippen LogP contribution >= 0.6 is 0 Å². The third-order valence-corrected chi connectivity index (χ3v) is 4.48. The quantitative estimate of drug-likeness (QED) is 0.692. The maximum absolute atomic E-state index is 12.7. The van der Waals surface area contributed by atoms with Crippen LogP contribution in [-0.4, -0.2) is 45.4 Å². The number of aliphatic hydroxyl groups excluding tert-OH is 1. The van der Waals surface area contributed by atoms with Crippen LogP contribution in [-0.2, 0) is 9.59 Å². The molecule has 0 unspecified atom stereocenters. The number of carbonyl (C=O) groups excluding carboxylic acids is 3. The number of carbonyl (C=O) groups is 3. The van der Waals surface area contributed by atoms with Crippen molar-refractivity contribution < 1.29 is 19.5 Å². The lowest BCUT2D eigenvalue weighted by Gasteiger charge is -2.37. The Labute approximate surface area is 156 Å². The van der Waals surface area contributed by atoms with Crippen molar-refractivity contribution in [1.82, 2.24) is 9.88 Å². The summed E-state index contributed by atoms with van der Waals surface area (Å²) < 4.78 is 0. The molecule has 1 aliphatic heterocycles. The lowest BCUT2D eigenvalue weighted by molar-refractivity contribution is -0.147. The van der Waals surface area contributed by atoms with Crippen molar-refractivity contribution >= 4 is 23.4 Å². The third kappa shape index (κ3) is 4.29.